The van der Waals surface area contributed by atoms with Crippen LogP contribution in [0, 0.1) is 0 Å². The minimum atomic E-state index is 0.304. The summed E-state index contributed by atoms with van der Waals surface area (Å²) in [5.41, 5.74) is 0. The molecule has 0 saturated heterocycles. The molecule has 0 fully saturated rings. The molecule has 2 aromatic heterocycles. The van der Waals surface area contributed by atoms with E-state index in [4.69, 9.17) is 27.6 Å². The fourth-order valence-corrected chi connectivity index (χ4v) is 1.18. The van der Waals surface area contributed by atoms with Gasteiger partial charge in [0.1, 0.15) is 12.5 Å². The van der Waals surface area contributed by atoms with E-state index in [1.807, 2.05) is 0 Å². The molecule has 0 aromatic carbocycles. The Kier molecular flexibility index (Phi) is 1.47. The van der Waals surface area contributed by atoms with Gasteiger partial charge in [-0.2, -0.15) is 0 Å². The smallest absolute Gasteiger partial charge is 0.162 e. The van der Waals surface area contributed by atoms with Crippen molar-refractivity contribution in [2.45, 2.75) is 0 Å². The quantitative estimate of drug-likeness (QED) is 0.638. The van der Waals surface area contributed by atoms with Crippen LogP contribution in [0.5, 0.6) is 0 Å². The monoisotopic (exact) mass is 188 g/mol. The van der Waals surface area contributed by atoms with Crippen molar-refractivity contribution < 1.29 is 4.42 Å². The highest BCUT2D eigenvalue weighted by Crippen LogP contribution is 2.26. The van der Waals surface area contributed by atoms with E-state index in [9.17, 15) is 0 Å². The zero-order valence-corrected chi connectivity index (χ0v) is 6.73. The summed E-state index contributed by atoms with van der Waals surface area (Å²) in [7, 11) is 0. The second-order valence-electron chi connectivity index (χ2n) is 1.98. The van der Waals surface area contributed by atoms with Gasteiger partial charge in [-0.25, -0.2) is 0 Å². The molecule has 0 atom stereocenters. The fourth-order valence-electron chi connectivity index (χ4n) is 0.812. The molecule has 11 heavy (non-hydrogen) atoms. The average Bonchev–Trinajstić information content (AvgIpc) is 2.45. The van der Waals surface area contributed by atoms with Crippen molar-refractivity contribution in [2.24, 2.45) is 0 Å². The molecular weight excluding hydrogens is 187 g/mol. The molecule has 56 valence electrons. The number of furan rings is 1. The third kappa shape index (κ3) is 0.968. The SMILES string of the molecule is Clc1nnc(Cl)c2cocc12. The Labute approximate surface area is 71.9 Å². The first-order valence-electron chi connectivity index (χ1n) is 2.82. The van der Waals surface area contributed by atoms with Gasteiger partial charge in [0.2, 0.25) is 0 Å². The maximum absolute atomic E-state index is 5.68. The predicted molar refractivity (Wildman–Crippen MR) is 41.8 cm³/mol. The summed E-state index contributed by atoms with van der Waals surface area (Å²) in [5.74, 6) is 0. The second kappa shape index (κ2) is 2.36. The maximum Gasteiger partial charge on any atom is 0.162 e. The Balaban J connectivity index is 2.96. The van der Waals surface area contributed by atoms with E-state index in [-0.39, 0.29) is 0 Å². The van der Waals surface area contributed by atoms with Crippen LogP contribution in [-0.2, 0) is 0 Å². The van der Waals surface area contributed by atoms with Crippen LogP contribution < -0.4 is 0 Å². The minimum Gasteiger partial charge on any atom is -0.471 e. The number of aromatic nitrogens is 2. The molecule has 2 aromatic rings. The number of hydrogen-bond acceptors (Lipinski definition) is 3. The highest BCUT2D eigenvalue weighted by atomic mass is 35.5. The topological polar surface area (TPSA) is 38.9 Å². The minimum absolute atomic E-state index is 0.304. The first-order valence-corrected chi connectivity index (χ1v) is 3.58. The summed E-state index contributed by atoms with van der Waals surface area (Å²) in [5, 5.41) is 9.19. The van der Waals surface area contributed by atoms with E-state index < -0.39 is 0 Å². The molecule has 0 aliphatic rings. The van der Waals surface area contributed by atoms with Crippen molar-refractivity contribution in [3.8, 4) is 0 Å². The molecule has 0 unspecified atom stereocenters. The summed E-state index contributed by atoms with van der Waals surface area (Å²) in [6.45, 7) is 0. The van der Waals surface area contributed by atoms with E-state index in [0.717, 1.165) is 0 Å². The Morgan fingerprint density at radius 1 is 1.00 bits per heavy atom. The predicted octanol–water partition coefficient (Wildman–Crippen LogP) is 2.53. The number of halogens is 2. The highest BCUT2D eigenvalue weighted by Gasteiger charge is 2.06. The van der Waals surface area contributed by atoms with E-state index in [2.05, 4.69) is 10.2 Å². The maximum atomic E-state index is 5.68. The van der Waals surface area contributed by atoms with Crippen LogP contribution in [-0.4, -0.2) is 10.2 Å². The summed E-state index contributed by atoms with van der Waals surface area (Å²) < 4.78 is 4.88. The number of nitrogens with zero attached hydrogens (tertiary/aromatic N) is 2. The molecule has 0 bridgehead atoms. The zero-order valence-electron chi connectivity index (χ0n) is 5.21. The normalized spacial score (nSPS) is 10.7. The summed E-state index contributed by atoms with van der Waals surface area (Å²) in [6, 6.07) is 0. The third-order valence-electron chi connectivity index (χ3n) is 1.33. The molecule has 0 saturated carbocycles. The van der Waals surface area contributed by atoms with Gasteiger partial charge in [0.15, 0.2) is 10.3 Å². The fraction of sp³-hybridized carbons (Fsp3) is 0. The first-order chi connectivity index (χ1) is 5.29. The number of rotatable bonds is 0. The molecule has 2 rings (SSSR count). The van der Waals surface area contributed by atoms with Gasteiger partial charge >= 0.3 is 0 Å². The molecular formula is C6H2Cl2N2O. The van der Waals surface area contributed by atoms with Gasteiger partial charge in [-0.15, -0.1) is 10.2 Å². The van der Waals surface area contributed by atoms with Gasteiger partial charge in [-0.05, 0) is 0 Å². The molecule has 0 spiro atoms. The van der Waals surface area contributed by atoms with Gasteiger partial charge in [0, 0.05) is 0 Å². The Bertz CT molecular complexity index is 362. The van der Waals surface area contributed by atoms with Crippen LogP contribution in [0.4, 0.5) is 0 Å². The zero-order chi connectivity index (χ0) is 7.84. The van der Waals surface area contributed by atoms with Gasteiger partial charge in [0.25, 0.3) is 0 Å². The van der Waals surface area contributed by atoms with Crippen molar-refractivity contribution >= 4 is 34.0 Å². The van der Waals surface area contributed by atoms with Crippen molar-refractivity contribution in [1.82, 2.24) is 10.2 Å². The summed E-state index contributed by atoms with van der Waals surface area (Å²) in [4.78, 5) is 0. The van der Waals surface area contributed by atoms with E-state index in [0.29, 0.717) is 21.1 Å². The molecule has 0 aliphatic heterocycles. The lowest BCUT2D eigenvalue weighted by Gasteiger charge is -1.90. The Morgan fingerprint density at radius 2 is 1.45 bits per heavy atom. The molecule has 0 amide bonds. The van der Waals surface area contributed by atoms with Crippen LogP contribution in [0.3, 0.4) is 0 Å². The lowest BCUT2D eigenvalue weighted by Crippen LogP contribution is -1.82. The Hall–Kier alpha value is -0.800. The summed E-state index contributed by atoms with van der Waals surface area (Å²) in [6.07, 6.45) is 2.97. The van der Waals surface area contributed by atoms with Crippen LogP contribution >= 0.6 is 23.2 Å². The van der Waals surface area contributed by atoms with Crippen molar-refractivity contribution in [2.75, 3.05) is 0 Å². The van der Waals surface area contributed by atoms with Crippen molar-refractivity contribution in [3.05, 3.63) is 22.8 Å². The molecule has 0 radical (unpaired) electrons. The third-order valence-corrected chi connectivity index (χ3v) is 1.89. The largest absolute Gasteiger partial charge is 0.471 e. The first kappa shape index (κ1) is 6.88. The van der Waals surface area contributed by atoms with Crippen LogP contribution in [0.25, 0.3) is 10.8 Å². The molecule has 0 aliphatic carbocycles. The lowest BCUT2D eigenvalue weighted by atomic mass is 10.3. The van der Waals surface area contributed by atoms with E-state index in [1.54, 1.807) is 0 Å². The van der Waals surface area contributed by atoms with Crippen molar-refractivity contribution in [3.63, 3.8) is 0 Å². The molecule has 2 heterocycles. The van der Waals surface area contributed by atoms with Crippen LogP contribution in [0.1, 0.15) is 0 Å². The van der Waals surface area contributed by atoms with Gasteiger partial charge in [0.05, 0.1) is 10.8 Å². The highest BCUT2D eigenvalue weighted by molar-refractivity contribution is 6.38. The van der Waals surface area contributed by atoms with E-state index in [1.165, 1.54) is 12.5 Å². The van der Waals surface area contributed by atoms with Crippen LogP contribution in [0.15, 0.2) is 16.9 Å². The lowest BCUT2D eigenvalue weighted by molar-refractivity contribution is 0.572. The Morgan fingerprint density at radius 3 is 1.91 bits per heavy atom. The van der Waals surface area contributed by atoms with Crippen molar-refractivity contribution in [1.29, 1.82) is 0 Å². The average molecular weight is 189 g/mol. The van der Waals surface area contributed by atoms with Gasteiger partial charge in [-0.1, -0.05) is 23.2 Å². The van der Waals surface area contributed by atoms with Gasteiger partial charge < -0.3 is 4.42 Å². The number of hydrogen-bond donors (Lipinski definition) is 0. The second-order valence-corrected chi connectivity index (χ2v) is 2.70. The van der Waals surface area contributed by atoms with Crippen LogP contribution in [0.2, 0.25) is 10.3 Å². The molecule has 0 N–H and O–H groups in total. The standard InChI is InChI=1S/C6H2Cl2N2O/c7-5-3-1-11-2-4(3)6(8)10-9-5/h1-2H. The van der Waals surface area contributed by atoms with Gasteiger partial charge in [-0.3, -0.25) is 0 Å². The summed E-state index contributed by atoms with van der Waals surface area (Å²) >= 11 is 11.4. The molecule has 5 heteroatoms. The van der Waals surface area contributed by atoms with E-state index >= 15 is 0 Å². The molecule has 3 nitrogen and oxygen atoms in total. The number of fused-ring (bicyclic) bond motifs is 1.